The molecule has 6 nitrogen and oxygen atoms in total. The molecule has 4 aromatic rings. The van der Waals surface area contributed by atoms with Gasteiger partial charge in [0.25, 0.3) is 11.8 Å². The summed E-state index contributed by atoms with van der Waals surface area (Å²) >= 11 is 0. The van der Waals surface area contributed by atoms with Gasteiger partial charge in [0.05, 0.1) is 16.8 Å². The Labute approximate surface area is 179 Å². The Morgan fingerprint density at radius 1 is 0.968 bits per heavy atom. The minimum atomic E-state index is -0.290. The number of hydrogen-bond donors (Lipinski definition) is 1. The van der Waals surface area contributed by atoms with E-state index in [9.17, 15) is 9.59 Å². The van der Waals surface area contributed by atoms with E-state index in [-0.39, 0.29) is 17.9 Å². The Hall–Kier alpha value is -3.64. The third kappa shape index (κ3) is 2.48. The maximum absolute atomic E-state index is 13.7. The third-order valence-corrected chi connectivity index (χ3v) is 6.55. The van der Waals surface area contributed by atoms with E-state index >= 15 is 0 Å². The average molecular weight is 410 g/mol. The summed E-state index contributed by atoms with van der Waals surface area (Å²) in [6.45, 7) is 0.690. The Bertz CT molecular complexity index is 1440. The summed E-state index contributed by atoms with van der Waals surface area (Å²) in [5, 5.41) is 1.88. The first-order valence-corrected chi connectivity index (χ1v) is 10.5. The van der Waals surface area contributed by atoms with Crippen LogP contribution in [-0.4, -0.2) is 27.0 Å². The number of nitrogens with zero attached hydrogens (tertiary/aromatic N) is 3. The van der Waals surface area contributed by atoms with Crippen molar-refractivity contribution < 1.29 is 9.59 Å². The van der Waals surface area contributed by atoms with Crippen LogP contribution < -0.4 is 10.6 Å². The highest BCUT2D eigenvalue weighted by atomic mass is 16.2. The van der Waals surface area contributed by atoms with Crippen molar-refractivity contribution in [3.8, 4) is 0 Å². The summed E-state index contributed by atoms with van der Waals surface area (Å²) in [7, 11) is 1.95. The third-order valence-electron chi connectivity index (χ3n) is 6.55. The molecule has 0 spiro atoms. The van der Waals surface area contributed by atoms with Gasteiger partial charge >= 0.3 is 0 Å². The first kappa shape index (κ1) is 18.2. The minimum Gasteiger partial charge on any atom is -0.350 e. The Balaban J connectivity index is 1.52. The number of benzene rings is 2. The molecule has 2 aliphatic heterocycles. The molecule has 154 valence electrons. The van der Waals surface area contributed by atoms with Gasteiger partial charge < -0.3 is 14.9 Å². The van der Waals surface area contributed by atoms with Gasteiger partial charge in [0.2, 0.25) is 0 Å². The Morgan fingerprint density at radius 2 is 1.68 bits per heavy atom. The molecule has 2 aromatic carbocycles. The van der Waals surface area contributed by atoms with Crippen LogP contribution in [0.25, 0.3) is 27.4 Å². The van der Waals surface area contributed by atoms with Crippen molar-refractivity contribution in [3.63, 3.8) is 0 Å². The predicted octanol–water partition coefficient (Wildman–Crippen LogP) is 3.36. The first-order chi connectivity index (χ1) is 15.0. The molecule has 0 fully saturated rings. The predicted molar refractivity (Wildman–Crippen MR) is 122 cm³/mol. The smallest absolute Gasteiger partial charge is 0.266 e. The van der Waals surface area contributed by atoms with Crippen molar-refractivity contribution in [2.24, 2.45) is 12.8 Å². The number of aromatic nitrogens is 2. The van der Waals surface area contributed by atoms with E-state index in [2.05, 4.69) is 4.57 Å². The molecule has 0 aliphatic carbocycles. The fourth-order valence-electron chi connectivity index (χ4n) is 5.13. The number of para-hydroxylation sites is 2. The number of anilines is 1. The molecule has 1 unspecified atom stereocenters. The normalized spacial score (nSPS) is 18.8. The van der Waals surface area contributed by atoms with Gasteiger partial charge in [-0.25, -0.2) is 4.90 Å². The van der Waals surface area contributed by atoms with Crippen molar-refractivity contribution in [2.75, 3.05) is 4.90 Å². The summed E-state index contributed by atoms with van der Waals surface area (Å²) in [5.41, 5.74) is 11.2. The molecular weight excluding hydrogens is 388 g/mol. The van der Waals surface area contributed by atoms with Gasteiger partial charge in [0.15, 0.2) is 0 Å². The lowest BCUT2D eigenvalue weighted by Crippen LogP contribution is -2.35. The number of amides is 2. The molecule has 2 N–H and O–H groups in total. The van der Waals surface area contributed by atoms with Gasteiger partial charge in [-0.2, -0.15) is 0 Å². The van der Waals surface area contributed by atoms with Gasteiger partial charge in [0, 0.05) is 59.5 Å². The zero-order valence-electron chi connectivity index (χ0n) is 17.2. The van der Waals surface area contributed by atoms with Crippen LogP contribution in [0.3, 0.4) is 0 Å². The molecule has 6 rings (SSSR count). The highest BCUT2D eigenvalue weighted by Crippen LogP contribution is 2.41. The highest BCUT2D eigenvalue weighted by molar-refractivity contribution is 6.45. The fraction of sp³-hybridized carbons (Fsp3) is 0.200. The van der Waals surface area contributed by atoms with Crippen molar-refractivity contribution in [2.45, 2.75) is 25.4 Å². The molecule has 2 aliphatic rings. The number of nitrogens with two attached hydrogens (primary N) is 1. The molecule has 31 heavy (non-hydrogen) atoms. The number of imide groups is 1. The number of carbonyl (C=O) groups excluding carboxylic acids is 2. The van der Waals surface area contributed by atoms with Crippen LogP contribution >= 0.6 is 0 Å². The van der Waals surface area contributed by atoms with E-state index in [4.69, 9.17) is 5.73 Å². The lowest BCUT2D eigenvalue weighted by atomic mass is 10.0. The number of hydrogen-bond acceptors (Lipinski definition) is 3. The molecule has 2 amide bonds. The lowest BCUT2D eigenvalue weighted by Gasteiger charge is -2.24. The van der Waals surface area contributed by atoms with Crippen molar-refractivity contribution in [1.29, 1.82) is 0 Å². The second-order valence-electron chi connectivity index (χ2n) is 8.43. The van der Waals surface area contributed by atoms with Crippen LogP contribution in [-0.2, 0) is 29.6 Å². The fourth-order valence-corrected chi connectivity index (χ4v) is 5.13. The largest absolute Gasteiger partial charge is 0.350 e. The SMILES string of the molecule is Cn1cc(C2=CC(=O)N(c3c4n(c5ccccc35)CC(N)CC4)C2=O)c2ccccc21. The maximum Gasteiger partial charge on any atom is 0.266 e. The van der Waals surface area contributed by atoms with Gasteiger partial charge in [0.1, 0.15) is 0 Å². The number of rotatable bonds is 2. The summed E-state index contributed by atoms with van der Waals surface area (Å²) in [5.74, 6) is -0.558. The lowest BCUT2D eigenvalue weighted by molar-refractivity contribution is -0.119. The van der Waals surface area contributed by atoms with Crippen molar-refractivity contribution >= 4 is 44.9 Å². The van der Waals surface area contributed by atoms with Gasteiger partial charge in [-0.05, 0) is 25.0 Å². The van der Waals surface area contributed by atoms with E-state index < -0.39 is 0 Å². The standard InChI is InChI=1S/C25H22N4O2/c1-27-14-19(16-6-2-4-8-20(16)27)18-12-23(30)29(25(18)31)24-17-7-3-5-9-21(17)28-13-15(26)10-11-22(24)28/h2-9,12,14-15H,10-11,13,26H2,1H3. The molecule has 0 radical (unpaired) electrons. The van der Waals surface area contributed by atoms with Crippen molar-refractivity contribution in [1.82, 2.24) is 9.13 Å². The maximum atomic E-state index is 13.7. The van der Waals surface area contributed by atoms with Crippen molar-refractivity contribution in [3.05, 3.63) is 72.1 Å². The number of carbonyl (C=O) groups is 2. The van der Waals surface area contributed by atoms with E-state index in [1.165, 1.54) is 11.0 Å². The summed E-state index contributed by atoms with van der Waals surface area (Å²) in [6.07, 6.45) is 4.99. The van der Waals surface area contributed by atoms with Crippen LogP contribution in [0.5, 0.6) is 0 Å². The Kier molecular flexibility index (Phi) is 3.76. The van der Waals surface area contributed by atoms with Gasteiger partial charge in [-0.1, -0.05) is 36.4 Å². The minimum absolute atomic E-state index is 0.0745. The summed E-state index contributed by atoms with van der Waals surface area (Å²) in [4.78, 5) is 28.2. The zero-order chi connectivity index (χ0) is 21.3. The first-order valence-electron chi connectivity index (χ1n) is 10.5. The van der Waals surface area contributed by atoms with Crippen LogP contribution in [0.2, 0.25) is 0 Å². The second kappa shape index (κ2) is 6.43. The molecule has 0 bridgehead atoms. The van der Waals surface area contributed by atoms with E-state index in [1.807, 2.05) is 66.3 Å². The van der Waals surface area contributed by atoms with Crippen LogP contribution in [0.1, 0.15) is 17.7 Å². The van der Waals surface area contributed by atoms with Crippen LogP contribution in [0.15, 0.2) is 60.8 Å². The quantitative estimate of drug-likeness (QED) is 0.515. The van der Waals surface area contributed by atoms with Crippen LogP contribution in [0, 0.1) is 0 Å². The monoisotopic (exact) mass is 410 g/mol. The molecule has 1 atom stereocenters. The zero-order valence-corrected chi connectivity index (χ0v) is 17.2. The topological polar surface area (TPSA) is 73.3 Å². The molecule has 0 saturated carbocycles. The molecule has 6 heteroatoms. The number of aryl methyl sites for hydroxylation is 1. The van der Waals surface area contributed by atoms with E-state index in [1.54, 1.807) is 0 Å². The van der Waals surface area contributed by atoms with Crippen LogP contribution in [0.4, 0.5) is 5.69 Å². The molecular formula is C25H22N4O2. The van der Waals surface area contributed by atoms with E-state index in [0.29, 0.717) is 17.8 Å². The summed E-state index contributed by atoms with van der Waals surface area (Å²) in [6, 6.07) is 15.9. The van der Waals surface area contributed by atoms with E-state index in [0.717, 1.165) is 45.9 Å². The highest BCUT2D eigenvalue weighted by Gasteiger charge is 2.38. The molecule has 0 saturated heterocycles. The van der Waals surface area contributed by atoms with Gasteiger partial charge in [-0.3, -0.25) is 9.59 Å². The number of fused-ring (bicyclic) bond motifs is 4. The summed E-state index contributed by atoms with van der Waals surface area (Å²) < 4.78 is 4.16. The average Bonchev–Trinajstić information content (AvgIpc) is 3.37. The Morgan fingerprint density at radius 3 is 2.48 bits per heavy atom. The molecule has 2 aromatic heterocycles. The van der Waals surface area contributed by atoms with Gasteiger partial charge in [-0.15, -0.1) is 0 Å². The second-order valence-corrected chi connectivity index (χ2v) is 8.43. The molecule has 4 heterocycles.